The van der Waals surface area contributed by atoms with Crippen LogP contribution in [0.3, 0.4) is 0 Å². The summed E-state index contributed by atoms with van der Waals surface area (Å²) >= 11 is 0. The first-order valence-corrected chi connectivity index (χ1v) is 7.68. The molecule has 118 valence electrons. The molecule has 3 atom stereocenters. The summed E-state index contributed by atoms with van der Waals surface area (Å²) in [6.07, 6.45) is 0.315. The summed E-state index contributed by atoms with van der Waals surface area (Å²) in [5, 5.41) is 9.17. The highest BCUT2D eigenvalue weighted by molar-refractivity contribution is 6.04. The first kappa shape index (κ1) is 14.8. The van der Waals surface area contributed by atoms with Gasteiger partial charge >= 0.3 is 0 Å². The van der Waals surface area contributed by atoms with Gasteiger partial charge in [0.15, 0.2) is 11.9 Å². The summed E-state index contributed by atoms with van der Waals surface area (Å²) < 4.78 is 5.63. The minimum atomic E-state index is -0.598. The van der Waals surface area contributed by atoms with Crippen LogP contribution in [0.15, 0.2) is 18.2 Å². The third-order valence-corrected chi connectivity index (χ3v) is 4.28. The Labute approximate surface area is 129 Å². The number of benzene rings is 1. The molecule has 1 aromatic rings. The lowest BCUT2D eigenvalue weighted by molar-refractivity contribution is -0.122. The minimum Gasteiger partial charge on any atom is -0.478 e. The summed E-state index contributed by atoms with van der Waals surface area (Å²) in [6, 6.07) is 5.37. The third kappa shape index (κ3) is 2.78. The van der Waals surface area contributed by atoms with Crippen molar-refractivity contribution in [3.8, 4) is 5.75 Å². The number of para-hydroxylation sites is 1. The molecular formula is C16H21N3O3. The zero-order chi connectivity index (χ0) is 15.7. The molecule has 0 aliphatic carbocycles. The molecule has 0 spiro atoms. The highest BCUT2D eigenvalue weighted by Gasteiger charge is 2.29. The summed E-state index contributed by atoms with van der Waals surface area (Å²) in [7, 11) is 0. The fourth-order valence-corrected chi connectivity index (χ4v) is 2.88. The number of carbonyl (C=O) groups is 2. The van der Waals surface area contributed by atoms with E-state index in [0.29, 0.717) is 22.9 Å². The van der Waals surface area contributed by atoms with Gasteiger partial charge in [-0.2, -0.15) is 0 Å². The van der Waals surface area contributed by atoms with Gasteiger partial charge in [-0.1, -0.05) is 13.0 Å². The van der Waals surface area contributed by atoms with Crippen LogP contribution < -0.4 is 20.7 Å². The van der Waals surface area contributed by atoms with Crippen molar-refractivity contribution in [3.63, 3.8) is 0 Å². The van der Waals surface area contributed by atoms with Gasteiger partial charge in [0.25, 0.3) is 11.8 Å². The molecule has 3 rings (SSSR count). The Morgan fingerprint density at radius 1 is 1.36 bits per heavy atom. The highest BCUT2D eigenvalue weighted by Crippen LogP contribution is 2.33. The van der Waals surface area contributed by atoms with Gasteiger partial charge in [-0.3, -0.25) is 9.59 Å². The van der Waals surface area contributed by atoms with Crippen LogP contribution in [0.2, 0.25) is 0 Å². The van der Waals surface area contributed by atoms with Gasteiger partial charge in [0.1, 0.15) is 0 Å². The van der Waals surface area contributed by atoms with Crippen LogP contribution in [0.25, 0.3) is 0 Å². The van der Waals surface area contributed by atoms with Crippen LogP contribution >= 0.6 is 0 Å². The number of fused-ring (bicyclic) bond motifs is 1. The Bertz CT molecular complexity index is 602. The molecule has 0 radical (unpaired) electrons. The van der Waals surface area contributed by atoms with E-state index in [1.54, 1.807) is 25.1 Å². The quantitative estimate of drug-likeness (QED) is 0.765. The van der Waals surface area contributed by atoms with Crippen molar-refractivity contribution in [3.05, 3.63) is 23.8 Å². The first-order chi connectivity index (χ1) is 10.6. The van der Waals surface area contributed by atoms with Crippen molar-refractivity contribution in [2.75, 3.05) is 18.4 Å². The van der Waals surface area contributed by atoms with Crippen molar-refractivity contribution in [1.29, 1.82) is 0 Å². The fraction of sp³-hybridized carbons (Fsp3) is 0.500. The molecule has 6 nitrogen and oxygen atoms in total. The molecule has 0 saturated carbocycles. The Kier molecular flexibility index (Phi) is 4.02. The maximum absolute atomic E-state index is 12.6. The number of nitrogens with one attached hydrogen (secondary N) is 3. The predicted molar refractivity (Wildman–Crippen MR) is 83.1 cm³/mol. The van der Waals surface area contributed by atoms with E-state index in [-0.39, 0.29) is 17.9 Å². The molecule has 2 heterocycles. The van der Waals surface area contributed by atoms with Crippen LogP contribution in [-0.2, 0) is 4.79 Å². The number of anilines is 1. The number of amides is 2. The molecule has 2 aliphatic heterocycles. The summed E-state index contributed by atoms with van der Waals surface area (Å²) in [5.41, 5.74) is 1.02. The Hall–Kier alpha value is -2.08. The largest absolute Gasteiger partial charge is 0.478 e. The molecule has 1 saturated heterocycles. The van der Waals surface area contributed by atoms with Crippen LogP contribution in [-0.4, -0.2) is 37.0 Å². The Morgan fingerprint density at radius 2 is 2.18 bits per heavy atom. The van der Waals surface area contributed by atoms with Crippen LogP contribution in [0.5, 0.6) is 5.75 Å². The van der Waals surface area contributed by atoms with Crippen molar-refractivity contribution < 1.29 is 14.3 Å². The van der Waals surface area contributed by atoms with Crippen molar-refractivity contribution >= 4 is 17.5 Å². The van der Waals surface area contributed by atoms with Crippen molar-refractivity contribution in [1.82, 2.24) is 10.6 Å². The van der Waals surface area contributed by atoms with Gasteiger partial charge in [0.2, 0.25) is 0 Å². The van der Waals surface area contributed by atoms with E-state index in [0.717, 1.165) is 19.5 Å². The van der Waals surface area contributed by atoms with Gasteiger partial charge in [0.05, 0.1) is 11.3 Å². The second-order valence-corrected chi connectivity index (χ2v) is 5.98. The molecule has 6 heteroatoms. The molecule has 2 amide bonds. The lowest BCUT2D eigenvalue weighted by atomic mass is 9.95. The number of hydrogen-bond acceptors (Lipinski definition) is 4. The maximum Gasteiger partial charge on any atom is 0.265 e. The van der Waals surface area contributed by atoms with Crippen molar-refractivity contribution in [2.45, 2.75) is 32.4 Å². The average molecular weight is 303 g/mol. The summed E-state index contributed by atoms with van der Waals surface area (Å²) in [4.78, 5) is 24.2. The van der Waals surface area contributed by atoms with E-state index in [1.165, 1.54) is 0 Å². The normalized spacial score (nSPS) is 27.4. The van der Waals surface area contributed by atoms with Gasteiger partial charge in [-0.25, -0.2) is 0 Å². The molecule has 1 aromatic carbocycles. The smallest absolute Gasteiger partial charge is 0.265 e. The van der Waals surface area contributed by atoms with Gasteiger partial charge in [-0.05, 0) is 44.5 Å². The van der Waals surface area contributed by atoms with Gasteiger partial charge < -0.3 is 20.7 Å². The van der Waals surface area contributed by atoms with Crippen LogP contribution in [0.1, 0.15) is 30.6 Å². The van der Waals surface area contributed by atoms with E-state index < -0.39 is 6.10 Å². The minimum absolute atomic E-state index is 0.153. The van der Waals surface area contributed by atoms with Crippen LogP contribution in [0, 0.1) is 5.92 Å². The zero-order valence-corrected chi connectivity index (χ0v) is 12.8. The Morgan fingerprint density at radius 3 is 2.95 bits per heavy atom. The van der Waals surface area contributed by atoms with Gasteiger partial charge in [-0.15, -0.1) is 0 Å². The first-order valence-electron chi connectivity index (χ1n) is 7.68. The molecule has 0 aromatic heterocycles. The average Bonchev–Trinajstić information content (AvgIpc) is 2.50. The number of ether oxygens (including phenoxy) is 1. The second-order valence-electron chi connectivity index (χ2n) is 5.98. The lowest BCUT2D eigenvalue weighted by Gasteiger charge is -2.31. The van der Waals surface area contributed by atoms with E-state index in [9.17, 15) is 9.59 Å². The molecule has 0 bridgehead atoms. The number of piperidine rings is 1. The molecule has 3 unspecified atom stereocenters. The molecular weight excluding hydrogens is 282 g/mol. The standard InChI is InChI=1S/C16H21N3O3/c1-9-8-17-7-6-12(9)18-16(21)11-4-3-5-13-14(11)22-10(2)15(20)19-13/h3-5,9-10,12,17H,6-8H2,1-2H3,(H,18,21)(H,19,20). The summed E-state index contributed by atoms with van der Waals surface area (Å²) in [5.74, 6) is 0.487. The fourth-order valence-electron chi connectivity index (χ4n) is 2.88. The highest BCUT2D eigenvalue weighted by atomic mass is 16.5. The zero-order valence-electron chi connectivity index (χ0n) is 12.8. The van der Waals surface area contributed by atoms with Gasteiger partial charge in [0, 0.05) is 6.04 Å². The Balaban J connectivity index is 1.81. The van der Waals surface area contributed by atoms with E-state index >= 15 is 0 Å². The number of hydrogen-bond donors (Lipinski definition) is 3. The molecule has 1 fully saturated rings. The van der Waals surface area contributed by atoms with E-state index in [1.807, 2.05) is 0 Å². The SMILES string of the molecule is CC1Oc2c(cccc2C(=O)NC2CCNCC2C)NC1=O. The molecule has 22 heavy (non-hydrogen) atoms. The monoisotopic (exact) mass is 303 g/mol. The third-order valence-electron chi connectivity index (χ3n) is 4.28. The van der Waals surface area contributed by atoms with E-state index in [2.05, 4.69) is 22.9 Å². The van der Waals surface area contributed by atoms with E-state index in [4.69, 9.17) is 4.74 Å². The second kappa shape index (κ2) is 5.96. The topological polar surface area (TPSA) is 79.5 Å². The maximum atomic E-state index is 12.6. The summed E-state index contributed by atoms with van der Waals surface area (Å²) in [6.45, 7) is 5.60. The molecule has 2 aliphatic rings. The number of rotatable bonds is 2. The number of carbonyl (C=O) groups excluding carboxylic acids is 2. The van der Waals surface area contributed by atoms with Crippen LogP contribution in [0.4, 0.5) is 5.69 Å². The molecule has 3 N–H and O–H groups in total. The lowest BCUT2D eigenvalue weighted by Crippen LogP contribution is -2.48. The van der Waals surface area contributed by atoms with Crippen molar-refractivity contribution in [2.24, 2.45) is 5.92 Å². The predicted octanol–water partition coefficient (Wildman–Crippen LogP) is 1.13.